The molecule has 0 amide bonds. The molecule has 0 spiro atoms. The van der Waals surface area contributed by atoms with Crippen molar-refractivity contribution in [1.29, 1.82) is 0 Å². The first kappa shape index (κ1) is 14.7. The monoisotopic (exact) mass is 322 g/mol. The highest BCUT2D eigenvalue weighted by Gasteiger charge is 2.21. The van der Waals surface area contributed by atoms with Crippen LogP contribution in [0, 0.1) is 0 Å². The zero-order chi connectivity index (χ0) is 14.7. The minimum atomic E-state index is -3.30. The standard InChI is InChI=1S/C15H18N2O2S2/c18-21(19,14-4-2-1-3-5-14)11-13-10-20-15(17-13)12-6-8-16-9-7-12/h1-5,10,12,16H,6-9,11H2. The van der Waals surface area contributed by atoms with Gasteiger partial charge in [0.2, 0.25) is 0 Å². The molecule has 0 atom stereocenters. The van der Waals surface area contributed by atoms with E-state index in [2.05, 4.69) is 10.3 Å². The number of piperidine rings is 1. The third-order valence-corrected chi connectivity index (χ3v) is 6.42. The Kier molecular flexibility index (Phi) is 4.37. The predicted octanol–water partition coefficient (Wildman–Crippen LogP) is 2.58. The number of aromatic nitrogens is 1. The molecule has 1 fully saturated rings. The minimum absolute atomic E-state index is 0.0154. The molecule has 0 saturated carbocycles. The Morgan fingerprint density at radius 3 is 2.62 bits per heavy atom. The fourth-order valence-corrected chi connectivity index (χ4v) is 4.92. The molecule has 112 valence electrons. The summed E-state index contributed by atoms with van der Waals surface area (Å²) >= 11 is 1.59. The summed E-state index contributed by atoms with van der Waals surface area (Å²) in [5, 5.41) is 6.30. The molecule has 21 heavy (non-hydrogen) atoms. The molecule has 1 saturated heterocycles. The van der Waals surface area contributed by atoms with E-state index in [4.69, 9.17) is 0 Å². The molecule has 0 unspecified atom stereocenters. The lowest BCUT2D eigenvalue weighted by Crippen LogP contribution is -2.26. The lowest BCUT2D eigenvalue weighted by Gasteiger charge is -2.20. The fourth-order valence-electron chi connectivity index (χ4n) is 2.55. The molecule has 4 nitrogen and oxygen atoms in total. The summed E-state index contributed by atoms with van der Waals surface area (Å²) < 4.78 is 24.7. The number of benzene rings is 1. The lowest BCUT2D eigenvalue weighted by molar-refractivity contribution is 0.459. The lowest BCUT2D eigenvalue weighted by atomic mass is 9.99. The molecule has 2 aromatic rings. The maximum Gasteiger partial charge on any atom is 0.184 e. The fraction of sp³-hybridized carbons (Fsp3) is 0.400. The summed E-state index contributed by atoms with van der Waals surface area (Å²) in [4.78, 5) is 4.92. The first-order valence-corrected chi connectivity index (χ1v) is 9.61. The van der Waals surface area contributed by atoms with Gasteiger partial charge < -0.3 is 5.32 Å². The number of nitrogens with one attached hydrogen (secondary N) is 1. The van der Waals surface area contributed by atoms with Crippen LogP contribution in [-0.4, -0.2) is 26.5 Å². The van der Waals surface area contributed by atoms with Crippen molar-refractivity contribution in [3.63, 3.8) is 0 Å². The molecule has 3 rings (SSSR count). The third-order valence-electron chi connectivity index (χ3n) is 3.70. The Bertz CT molecular complexity index is 689. The molecule has 1 aliphatic heterocycles. The molecule has 1 aliphatic rings. The van der Waals surface area contributed by atoms with Crippen molar-refractivity contribution in [3.05, 3.63) is 46.4 Å². The average molecular weight is 322 g/mol. The highest BCUT2D eigenvalue weighted by Crippen LogP contribution is 2.28. The first-order valence-electron chi connectivity index (χ1n) is 7.08. The van der Waals surface area contributed by atoms with Crippen molar-refractivity contribution in [1.82, 2.24) is 10.3 Å². The van der Waals surface area contributed by atoms with Gasteiger partial charge in [0.25, 0.3) is 0 Å². The highest BCUT2D eigenvalue weighted by atomic mass is 32.2. The molecule has 0 radical (unpaired) electrons. The van der Waals surface area contributed by atoms with Gasteiger partial charge in [-0.1, -0.05) is 18.2 Å². The Labute approximate surface area is 129 Å². The number of hydrogen-bond donors (Lipinski definition) is 1. The van der Waals surface area contributed by atoms with Crippen molar-refractivity contribution >= 4 is 21.2 Å². The zero-order valence-electron chi connectivity index (χ0n) is 11.7. The summed E-state index contributed by atoms with van der Waals surface area (Å²) in [5.74, 6) is 0.461. The van der Waals surface area contributed by atoms with Crippen LogP contribution >= 0.6 is 11.3 Å². The van der Waals surface area contributed by atoms with Crippen LogP contribution < -0.4 is 5.32 Å². The molecular formula is C15H18N2O2S2. The van der Waals surface area contributed by atoms with E-state index in [1.165, 1.54) is 0 Å². The van der Waals surface area contributed by atoms with Crippen LogP contribution in [0.4, 0.5) is 0 Å². The van der Waals surface area contributed by atoms with Crippen molar-refractivity contribution < 1.29 is 8.42 Å². The number of nitrogens with zero attached hydrogens (tertiary/aromatic N) is 1. The van der Waals surface area contributed by atoms with E-state index >= 15 is 0 Å². The van der Waals surface area contributed by atoms with Gasteiger partial charge in [-0.05, 0) is 38.1 Å². The van der Waals surface area contributed by atoms with Crippen LogP contribution in [0.1, 0.15) is 29.5 Å². The molecule has 1 aromatic carbocycles. The number of thiazole rings is 1. The van der Waals surface area contributed by atoms with Gasteiger partial charge in [0.15, 0.2) is 9.84 Å². The quantitative estimate of drug-likeness (QED) is 0.940. The third kappa shape index (κ3) is 3.51. The Balaban J connectivity index is 1.75. The second kappa shape index (κ2) is 6.25. The van der Waals surface area contributed by atoms with Gasteiger partial charge in [0.1, 0.15) is 0 Å². The van der Waals surface area contributed by atoms with E-state index < -0.39 is 9.84 Å². The number of hydrogen-bond acceptors (Lipinski definition) is 5. The number of sulfone groups is 1. The predicted molar refractivity (Wildman–Crippen MR) is 84.3 cm³/mol. The first-order chi connectivity index (χ1) is 10.1. The second-order valence-electron chi connectivity index (χ2n) is 5.27. The SMILES string of the molecule is O=S(=O)(Cc1csc(C2CCNCC2)n1)c1ccccc1. The van der Waals surface area contributed by atoms with Crippen LogP contribution in [0.25, 0.3) is 0 Å². The summed E-state index contributed by atoms with van der Waals surface area (Å²) in [5.41, 5.74) is 0.664. The largest absolute Gasteiger partial charge is 0.317 e. The van der Waals surface area contributed by atoms with E-state index in [0.29, 0.717) is 16.5 Å². The molecule has 1 N–H and O–H groups in total. The minimum Gasteiger partial charge on any atom is -0.317 e. The van der Waals surface area contributed by atoms with E-state index in [1.54, 1.807) is 35.6 Å². The molecule has 0 bridgehead atoms. The van der Waals surface area contributed by atoms with Gasteiger partial charge in [-0.25, -0.2) is 13.4 Å². The van der Waals surface area contributed by atoms with E-state index in [9.17, 15) is 8.42 Å². The highest BCUT2D eigenvalue weighted by molar-refractivity contribution is 7.90. The summed E-state index contributed by atoms with van der Waals surface area (Å²) in [6.07, 6.45) is 2.16. The average Bonchev–Trinajstić information content (AvgIpc) is 2.97. The van der Waals surface area contributed by atoms with Crippen LogP contribution in [0.3, 0.4) is 0 Å². The van der Waals surface area contributed by atoms with Gasteiger partial charge in [0, 0.05) is 11.3 Å². The van der Waals surface area contributed by atoms with Crippen molar-refractivity contribution in [2.75, 3.05) is 13.1 Å². The Morgan fingerprint density at radius 2 is 1.90 bits per heavy atom. The van der Waals surface area contributed by atoms with Crippen LogP contribution in [-0.2, 0) is 15.6 Å². The van der Waals surface area contributed by atoms with E-state index in [1.807, 2.05) is 11.4 Å². The maximum absolute atomic E-state index is 12.3. The summed E-state index contributed by atoms with van der Waals surface area (Å²) in [7, 11) is -3.30. The maximum atomic E-state index is 12.3. The smallest absolute Gasteiger partial charge is 0.184 e. The van der Waals surface area contributed by atoms with Gasteiger partial charge in [-0.3, -0.25) is 0 Å². The zero-order valence-corrected chi connectivity index (χ0v) is 13.3. The summed E-state index contributed by atoms with van der Waals surface area (Å²) in [6, 6.07) is 8.57. The topological polar surface area (TPSA) is 59.1 Å². The summed E-state index contributed by atoms with van der Waals surface area (Å²) in [6.45, 7) is 2.03. The van der Waals surface area contributed by atoms with Crippen molar-refractivity contribution in [2.45, 2.75) is 29.4 Å². The molecule has 2 heterocycles. The van der Waals surface area contributed by atoms with Gasteiger partial charge in [-0.15, -0.1) is 11.3 Å². The van der Waals surface area contributed by atoms with Gasteiger partial charge in [0.05, 0.1) is 21.3 Å². The van der Waals surface area contributed by atoms with Crippen molar-refractivity contribution in [3.8, 4) is 0 Å². The molecular weight excluding hydrogens is 304 g/mol. The normalized spacial score (nSPS) is 17.0. The van der Waals surface area contributed by atoms with E-state index in [0.717, 1.165) is 30.9 Å². The Morgan fingerprint density at radius 1 is 1.19 bits per heavy atom. The molecule has 1 aromatic heterocycles. The number of rotatable bonds is 4. The van der Waals surface area contributed by atoms with Crippen LogP contribution in [0.2, 0.25) is 0 Å². The van der Waals surface area contributed by atoms with Gasteiger partial charge >= 0.3 is 0 Å². The second-order valence-corrected chi connectivity index (χ2v) is 8.15. The van der Waals surface area contributed by atoms with Crippen molar-refractivity contribution in [2.24, 2.45) is 0 Å². The van der Waals surface area contributed by atoms with Crippen LogP contribution in [0.15, 0.2) is 40.6 Å². The van der Waals surface area contributed by atoms with Gasteiger partial charge in [-0.2, -0.15) is 0 Å². The molecule has 0 aliphatic carbocycles. The Hall–Kier alpha value is -1.24. The van der Waals surface area contributed by atoms with E-state index in [-0.39, 0.29) is 5.75 Å². The van der Waals surface area contributed by atoms with Crippen LogP contribution in [0.5, 0.6) is 0 Å². The molecule has 6 heteroatoms.